The number of carbonyl (C=O) groups is 1. The van der Waals surface area contributed by atoms with Gasteiger partial charge in [-0.2, -0.15) is 0 Å². The quantitative estimate of drug-likeness (QED) is 0.436. The summed E-state index contributed by atoms with van der Waals surface area (Å²) in [6, 6.07) is 17.8. The lowest BCUT2D eigenvalue weighted by Crippen LogP contribution is -2.48. The highest BCUT2D eigenvalue weighted by Gasteiger charge is 2.51. The molecular weight excluding hydrogens is 496 g/mol. The van der Waals surface area contributed by atoms with Gasteiger partial charge >= 0.3 is 0 Å². The van der Waals surface area contributed by atoms with Crippen LogP contribution in [0.15, 0.2) is 60.8 Å². The number of rotatable bonds is 9. The predicted molar refractivity (Wildman–Crippen MR) is 146 cm³/mol. The standard InChI is InChI=1S/C30H34N4O5/c1-37-24-4-2-3-21(17-24)28(34-13-11-33(12-14-34)15-16-35)22-5-8-27(31-19-22)32-29(36)30(9-10-30)23-6-7-25-26(18-23)39-20-38-25/h2-8,17-19,28,35H,9-16,20H2,1H3,(H,31,32,36). The number of anilines is 1. The van der Waals surface area contributed by atoms with Gasteiger partial charge in [-0.3, -0.25) is 14.6 Å². The molecule has 2 aromatic carbocycles. The Kier molecular flexibility index (Phi) is 7.12. The van der Waals surface area contributed by atoms with Crippen molar-refractivity contribution >= 4 is 11.7 Å². The zero-order valence-corrected chi connectivity index (χ0v) is 22.1. The molecule has 1 saturated carbocycles. The van der Waals surface area contributed by atoms with Crippen LogP contribution in [0.4, 0.5) is 5.82 Å². The van der Waals surface area contributed by atoms with Crippen LogP contribution in [-0.4, -0.2) is 79.0 Å². The van der Waals surface area contributed by atoms with Crippen molar-refractivity contribution in [2.75, 3.05) is 58.6 Å². The molecule has 1 unspecified atom stereocenters. The number of ether oxygens (including phenoxy) is 3. The lowest BCUT2D eigenvalue weighted by molar-refractivity contribution is -0.118. The van der Waals surface area contributed by atoms with Crippen LogP contribution >= 0.6 is 0 Å². The Labute approximate surface area is 228 Å². The molecule has 2 aliphatic heterocycles. The van der Waals surface area contributed by atoms with Crippen molar-refractivity contribution in [1.29, 1.82) is 0 Å². The molecule has 1 aliphatic carbocycles. The van der Waals surface area contributed by atoms with E-state index < -0.39 is 5.41 Å². The molecule has 0 radical (unpaired) electrons. The molecule has 9 heteroatoms. The molecule has 6 rings (SSSR count). The number of nitrogens with one attached hydrogen (secondary N) is 1. The number of hydrogen-bond acceptors (Lipinski definition) is 8. The van der Waals surface area contributed by atoms with Crippen LogP contribution < -0.4 is 19.5 Å². The number of benzene rings is 2. The molecule has 2 N–H and O–H groups in total. The lowest BCUT2D eigenvalue weighted by Gasteiger charge is -2.39. The molecule has 204 valence electrons. The van der Waals surface area contributed by atoms with Crippen LogP contribution in [0.1, 0.15) is 35.6 Å². The largest absolute Gasteiger partial charge is 0.497 e. The van der Waals surface area contributed by atoms with Crippen molar-refractivity contribution in [2.45, 2.75) is 24.3 Å². The van der Waals surface area contributed by atoms with Gasteiger partial charge in [0.1, 0.15) is 11.6 Å². The second-order valence-electron chi connectivity index (χ2n) is 10.4. The van der Waals surface area contributed by atoms with Gasteiger partial charge < -0.3 is 24.6 Å². The summed E-state index contributed by atoms with van der Waals surface area (Å²) in [5.74, 6) is 2.70. The highest BCUT2D eigenvalue weighted by atomic mass is 16.7. The smallest absolute Gasteiger partial charge is 0.236 e. The van der Waals surface area contributed by atoms with E-state index in [2.05, 4.69) is 32.2 Å². The van der Waals surface area contributed by atoms with Gasteiger partial charge in [0.2, 0.25) is 12.7 Å². The van der Waals surface area contributed by atoms with E-state index >= 15 is 0 Å². The van der Waals surface area contributed by atoms with Crippen LogP contribution in [0.5, 0.6) is 17.2 Å². The third-order valence-electron chi connectivity index (χ3n) is 8.05. The lowest BCUT2D eigenvalue weighted by atomic mass is 9.94. The number of methoxy groups -OCH3 is 1. The second-order valence-corrected chi connectivity index (χ2v) is 10.4. The number of aliphatic hydroxyl groups excluding tert-OH is 1. The Hall–Kier alpha value is -3.66. The predicted octanol–water partition coefficient (Wildman–Crippen LogP) is 3.19. The molecule has 39 heavy (non-hydrogen) atoms. The molecule has 1 amide bonds. The molecule has 3 aliphatic rings. The molecule has 2 fully saturated rings. The average Bonchev–Trinajstić information content (AvgIpc) is 3.66. The fraction of sp³-hybridized carbons (Fsp3) is 0.400. The Balaban J connectivity index is 1.20. The SMILES string of the molecule is COc1cccc(C(c2ccc(NC(=O)C3(c4ccc5c(c4)OCO5)CC3)nc2)N2CCN(CCO)CC2)c1. The van der Waals surface area contributed by atoms with Crippen LogP contribution in [0.25, 0.3) is 0 Å². The van der Waals surface area contributed by atoms with Gasteiger partial charge in [0.15, 0.2) is 11.5 Å². The average molecular weight is 531 g/mol. The van der Waals surface area contributed by atoms with Crippen molar-refractivity contribution < 1.29 is 24.1 Å². The highest BCUT2D eigenvalue weighted by Crippen LogP contribution is 2.51. The minimum absolute atomic E-state index is 0.00275. The van der Waals surface area contributed by atoms with Gasteiger partial charge in [-0.1, -0.05) is 24.3 Å². The summed E-state index contributed by atoms with van der Waals surface area (Å²) in [6.07, 6.45) is 3.44. The topological polar surface area (TPSA) is 96.4 Å². The number of fused-ring (bicyclic) bond motifs is 1. The van der Waals surface area contributed by atoms with E-state index in [1.807, 2.05) is 48.7 Å². The number of aliphatic hydroxyl groups is 1. The summed E-state index contributed by atoms with van der Waals surface area (Å²) in [4.78, 5) is 22.8. The number of aromatic nitrogens is 1. The molecule has 9 nitrogen and oxygen atoms in total. The van der Waals surface area contributed by atoms with Gasteiger partial charge in [0, 0.05) is 38.9 Å². The summed E-state index contributed by atoms with van der Waals surface area (Å²) in [6.45, 7) is 4.61. The van der Waals surface area contributed by atoms with Crippen LogP contribution in [0, 0.1) is 0 Å². The van der Waals surface area contributed by atoms with E-state index in [-0.39, 0.29) is 25.3 Å². The van der Waals surface area contributed by atoms with E-state index in [1.54, 1.807) is 7.11 Å². The highest BCUT2D eigenvalue weighted by molar-refractivity contribution is 6.01. The van der Waals surface area contributed by atoms with Crippen LogP contribution in [-0.2, 0) is 10.2 Å². The van der Waals surface area contributed by atoms with E-state index in [4.69, 9.17) is 14.2 Å². The van der Waals surface area contributed by atoms with Gasteiger partial charge in [0.05, 0.1) is 25.2 Å². The fourth-order valence-electron chi connectivity index (χ4n) is 5.66. The number of pyridine rings is 1. The Morgan fingerprint density at radius 2 is 1.87 bits per heavy atom. The van der Waals surface area contributed by atoms with Crippen LogP contribution in [0.2, 0.25) is 0 Å². The summed E-state index contributed by atoms with van der Waals surface area (Å²) in [5.41, 5.74) is 2.56. The summed E-state index contributed by atoms with van der Waals surface area (Å²) < 4.78 is 16.5. The number of β-amino-alcohol motifs (C(OH)–C–C–N with tert-alkyl or cyclic N) is 1. The fourth-order valence-corrected chi connectivity index (χ4v) is 5.66. The van der Waals surface area contributed by atoms with E-state index in [0.717, 1.165) is 61.5 Å². The molecule has 0 bridgehead atoms. The third kappa shape index (κ3) is 5.17. The number of hydrogen-bond donors (Lipinski definition) is 2. The molecule has 3 aromatic rings. The number of carbonyl (C=O) groups excluding carboxylic acids is 1. The monoisotopic (exact) mass is 530 g/mol. The second kappa shape index (κ2) is 10.8. The molecular formula is C30H34N4O5. The zero-order chi connectivity index (χ0) is 26.8. The molecule has 1 atom stereocenters. The number of nitrogens with zero attached hydrogens (tertiary/aromatic N) is 3. The van der Waals surface area contributed by atoms with E-state index in [0.29, 0.717) is 23.9 Å². The summed E-state index contributed by atoms with van der Waals surface area (Å²) >= 11 is 0. The first-order chi connectivity index (χ1) is 19.1. The molecule has 1 saturated heterocycles. The van der Waals surface area contributed by atoms with Crippen molar-refractivity contribution in [3.05, 3.63) is 77.5 Å². The zero-order valence-electron chi connectivity index (χ0n) is 22.1. The summed E-state index contributed by atoms with van der Waals surface area (Å²) in [7, 11) is 1.68. The first-order valence-electron chi connectivity index (χ1n) is 13.5. The maximum absolute atomic E-state index is 13.4. The Morgan fingerprint density at radius 3 is 2.59 bits per heavy atom. The van der Waals surface area contributed by atoms with Gasteiger partial charge in [-0.05, 0) is 59.9 Å². The Bertz CT molecular complexity index is 1320. The molecule has 0 spiro atoms. The van der Waals surface area contributed by atoms with E-state index in [9.17, 15) is 9.90 Å². The van der Waals surface area contributed by atoms with Crippen molar-refractivity contribution in [3.8, 4) is 17.2 Å². The minimum Gasteiger partial charge on any atom is -0.497 e. The Morgan fingerprint density at radius 1 is 1.05 bits per heavy atom. The number of amides is 1. The van der Waals surface area contributed by atoms with Crippen molar-refractivity contribution in [1.82, 2.24) is 14.8 Å². The third-order valence-corrected chi connectivity index (χ3v) is 8.05. The maximum atomic E-state index is 13.4. The van der Waals surface area contributed by atoms with Gasteiger partial charge in [-0.25, -0.2) is 4.98 Å². The van der Waals surface area contributed by atoms with E-state index in [1.165, 1.54) is 0 Å². The summed E-state index contributed by atoms with van der Waals surface area (Å²) in [5, 5.41) is 12.4. The molecule has 3 heterocycles. The molecule has 1 aromatic heterocycles. The van der Waals surface area contributed by atoms with Gasteiger partial charge in [-0.15, -0.1) is 0 Å². The first-order valence-corrected chi connectivity index (χ1v) is 13.5. The van der Waals surface area contributed by atoms with Crippen molar-refractivity contribution in [2.24, 2.45) is 0 Å². The normalized spacial score (nSPS) is 18.9. The minimum atomic E-state index is -0.557. The van der Waals surface area contributed by atoms with Crippen molar-refractivity contribution in [3.63, 3.8) is 0 Å². The number of piperazine rings is 1. The first kappa shape index (κ1) is 25.6. The van der Waals surface area contributed by atoms with Crippen LogP contribution in [0.3, 0.4) is 0 Å². The van der Waals surface area contributed by atoms with Gasteiger partial charge in [0.25, 0.3) is 0 Å². The maximum Gasteiger partial charge on any atom is 0.236 e.